The van der Waals surface area contributed by atoms with E-state index in [9.17, 15) is 0 Å². The van der Waals surface area contributed by atoms with Crippen LogP contribution in [0.5, 0.6) is 0 Å². The van der Waals surface area contributed by atoms with E-state index >= 15 is 0 Å². The summed E-state index contributed by atoms with van der Waals surface area (Å²) in [5, 5.41) is 4.09. The van der Waals surface area contributed by atoms with Gasteiger partial charge < -0.3 is 0 Å². The quantitative estimate of drug-likeness (QED) is 0.639. The number of aryl methyl sites for hydroxylation is 1. The molecule has 0 aliphatic heterocycles. The smallest absolute Gasteiger partial charge is 0.0684 e. The second kappa shape index (κ2) is 4.11. The Labute approximate surface area is 79.4 Å². The van der Waals surface area contributed by atoms with Gasteiger partial charge in [-0.05, 0) is 20.0 Å². The molecule has 0 spiro atoms. The first kappa shape index (κ1) is 9.82. The fourth-order valence-electron chi connectivity index (χ4n) is 1.08. The molecule has 0 saturated carbocycles. The topological polar surface area (TPSA) is 21.1 Å². The first-order chi connectivity index (χ1) is 6.15. The van der Waals surface area contributed by atoms with Crippen LogP contribution in [0.4, 0.5) is 0 Å². The minimum Gasteiger partial charge on any atom is -0.287 e. The third kappa shape index (κ3) is 2.33. The second-order valence-corrected chi connectivity index (χ2v) is 3.20. The van der Waals surface area contributed by atoms with E-state index in [1.54, 1.807) is 6.20 Å². The Morgan fingerprint density at radius 3 is 2.92 bits per heavy atom. The minimum absolute atomic E-state index is 0.162. The maximum atomic E-state index is 5.33. The van der Waals surface area contributed by atoms with Crippen molar-refractivity contribution in [1.29, 1.82) is 0 Å². The number of aromatic nitrogens is 2. The van der Waals surface area contributed by atoms with Crippen LogP contribution in [0.3, 0.4) is 0 Å². The van der Waals surface area contributed by atoms with E-state index in [1.165, 1.54) is 5.69 Å². The van der Waals surface area contributed by atoms with Crippen LogP contribution >= 0.6 is 0 Å². The van der Waals surface area contributed by atoms with Gasteiger partial charge in [-0.25, -0.2) is 0 Å². The zero-order chi connectivity index (χ0) is 9.84. The van der Waals surface area contributed by atoms with Crippen molar-refractivity contribution in [3.63, 3.8) is 0 Å². The van der Waals surface area contributed by atoms with Gasteiger partial charge in [0, 0.05) is 19.8 Å². The van der Waals surface area contributed by atoms with Crippen molar-refractivity contribution in [2.75, 3.05) is 7.05 Å². The van der Waals surface area contributed by atoms with Gasteiger partial charge in [-0.3, -0.25) is 9.58 Å². The Morgan fingerprint density at radius 1 is 1.77 bits per heavy atom. The zero-order valence-corrected chi connectivity index (χ0v) is 8.36. The van der Waals surface area contributed by atoms with Gasteiger partial charge >= 0.3 is 0 Å². The lowest BCUT2D eigenvalue weighted by Gasteiger charge is -2.19. The first-order valence-corrected chi connectivity index (χ1v) is 4.28. The van der Waals surface area contributed by atoms with Crippen molar-refractivity contribution in [2.24, 2.45) is 7.05 Å². The molecule has 0 saturated heterocycles. The fourth-order valence-corrected chi connectivity index (χ4v) is 1.08. The standard InChI is InChI=1S/C10H15N3/c1-5-9(2)12(3)8-10-6-7-11-13(10)4/h1,6-7,9H,8H2,2-4H3. The fraction of sp³-hybridized carbons (Fsp3) is 0.500. The van der Waals surface area contributed by atoms with Crippen molar-refractivity contribution in [3.05, 3.63) is 18.0 Å². The number of rotatable bonds is 3. The zero-order valence-electron chi connectivity index (χ0n) is 8.36. The third-order valence-corrected chi connectivity index (χ3v) is 2.24. The van der Waals surface area contributed by atoms with E-state index < -0.39 is 0 Å². The predicted molar refractivity (Wildman–Crippen MR) is 53.0 cm³/mol. The molecule has 13 heavy (non-hydrogen) atoms. The van der Waals surface area contributed by atoms with Crippen LogP contribution in [-0.4, -0.2) is 27.8 Å². The summed E-state index contributed by atoms with van der Waals surface area (Å²) in [5.41, 5.74) is 1.17. The van der Waals surface area contributed by atoms with Crippen molar-refractivity contribution >= 4 is 0 Å². The maximum Gasteiger partial charge on any atom is 0.0684 e. The number of hydrogen-bond donors (Lipinski definition) is 0. The van der Waals surface area contributed by atoms with Crippen molar-refractivity contribution in [3.8, 4) is 12.3 Å². The molecule has 70 valence electrons. The highest BCUT2D eigenvalue weighted by Gasteiger charge is 2.07. The van der Waals surface area contributed by atoms with E-state index in [-0.39, 0.29) is 6.04 Å². The summed E-state index contributed by atoms with van der Waals surface area (Å²) in [7, 11) is 3.95. The average molecular weight is 177 g/mol. The SMILES string of the molecule is C#CC(C)N(C)Cc1ccnn1C. The van der Waals surface area contributed by atoms with E-state index in [4.69, 9.17) is 6.42 Å². The third-order valence-electron chi connectivity index (χ3n) is 2.24. The lowest BCUT2D eigenvalue weighted by atomic mass is 10.3. The van der Waals surface area contributed by atoms with Crippen LogP contribution in [-0.2, 0) is 13.6 Å². The largest absolute Gasteiger partial charge is 0.287 e. The summed E-state index contributed by atoms with van der Waals surface area (Å²) in [6, 6.07) is 2.16. The molecule has 0 radical (unpaired) electrons. The lowest BCUT2D eigenvalue weighted by Crippen LogP contribution is -2.27. The molecule has 3 nitrogen and oxygen atoms in total. The molecule has 1 atom stereocenters. The highest BCUT2D eigenvalue weighted by atomic mass is 15.3. The first-order valence-electron chi connectivity index (χ1n) is 4.28. The molecule has 0 bridgehead atoms. The number of terminal acetylenes is 1. The molecule has 0 amide bonds. The van der Waals surface area contributed by atoms with Gasteiger partial charge in [0.1, 0.15) is 0 Å². The molecule has 0 aromatic carbocycles. The van der Waals surface area contributed by atoms with Crippen LogP contribution < -0.4 is 0 Å². The summed E-state index contributed by atoms with van der Waals surface area (Å²) in [6.07, 6.45) is 7.12. The highest BCUT2D eigenvalue weighted by Crippen LogP contribution is 2.03. The maximum absolute atomic E-state index is 5.33. The Balaban J connectivity index is 2.60. The van der Waals surface area contributed by atoms with E-state index in [0.29, 0.717) is 0 Å². The van der Waals surface area contributed by atoms with Crippen LogP contribution in [0.1, 0.15) is 12.6 Å². The van der Waals surface area contributed by atoms with Gasteiger partial charge in [0.25, 0.3) is 0 Å². The molecule has 1 rings (SSSR count). The monoisotopic (exact) mass is 177 g/mol. The number of hydrogen-bond acceptors (Lipinski definition) is 2. The van der Waals surface area contributed by atoms with Crippen LogP contribution in [0, 0.1) is 12.3 Å². The molecule has 0 fully saturated rings. The molecule has 0 aliphatic rings. The van der Waals surface area contributed by atoms with E-state index in [1.807, 2.05) is 31.8 Å². The van der Waals surface area contributed by atoms with Gasteiger partial charge in [-0.15, -0.1) is 6.42 Å². The molecular formula is C10H15N3. The molecule has 0 N–H and O–H groups in total. The Hall–Kier alpha value is -1.27. The minimum atomic E-state index is 0.162. The Morgan fingerprint density at radius 2 is 2.46 bits per heavy atom. The van der Waals surface area contributed by atoms with Crippen molar-refractivity contribution < 1.29 is 0 Å². The normalized spacial score (nSPS) is 12.8. The second-order valence-electron chi connectivity index (χ2n) is 3.20. The van der Waals surface area contributed by atoms with Crippen LogP contribution in [0.15, 0.2) is 12.3 Å². The molecule has 1 unspecified atom stereocenters. The summed E-state index contributed by atoms with van der Waals surface area (Å²) in [4.78, 5) is 2.11. The van der Waals surface area contributed by atoms with Gasteiger partial charge in [-0.1, -0.05) is 5.92 Å². The molecule has 0 aliphatic carbocycles. The molecular weight excluding hydrogens is 162 g/mol. The molecule has 1 aromatic heterocycles. The summed E-state index contributed by atoms with van der Waals surface area (Å²) in [5.74, 6) is 2.69. The highest BCUT2D eigenvalue weighted by molar-refractivity contribution is 5.03. The lowest BCUT2D eigenvalue weighted by molar-refractivity contribution is 0.288. The average Bonchev–Trinajstić information content (AvgIpc) is 2.50. The Kier molecular flexibility index (Phi) is 3.10. The van der Waals surface area contributed by atoms with Crippen molar-refractivity contribution in [1.82, 2.24) is 14.7 Å². The number of nitrogens with zero attached hydrogens (tertiary/aromatic N) is 3. The molecule has 1 heterocycles. The predicted octanol–water partition coefficient (Wildman–Crippen LogP) is 0.874. The summed E-state index contributed by atoms with van der Waals surface area (Å²) < 4.78 is 1.86. The van der Waals surface area contributed by atoms with Crippen LogP contribution in [0.25, 0.3) is 0 Å². The Bertz CT molecular complexity index is 308. The van der Waals surface area contributed by atoms with Gasteiger partial charge in [0.2, 0.25) is 0 Å². The molecule has 1 aromatic rings. The van der Waals surface area contributed by atoms with E-state index in [0.717, 1.165) is 6.54 Å². The van der Waals surface area contributed by atoms with Crippen LogP contribution in [0.2, 0.25) is 0 Å². The van der Waals surface area contributed by atoms with Crippen molar-refractivity contribution in [2.45, 2.75) is 19.5 Å². The van der Waals surface area contributed by atoms with Gasteiger partial charge in [0.05, 0.1) is 11.7 Å². The summed E-state index contributed by atoms with van der Waals surface area (Å²) in [6.45, 7) is 2.85. The van der Waals surface area contributed by atoms with Gasteiger partial charge in [0.15, 0.2) is 0 Å². The van der Waals surface area contributed by atoms with Gasteiger partial charge in [-0.2, -0.15) is 5.10 Å². The summed E-state index contributed by atoms with van der Waals surface area (Å²) >= 11 is 0. The molecule has 3 heteroatoms. The van der Waals surface area contributed by atoms with E-state index in [2.05, 4.69) is 15.9 Å².